The molecular formula is C23H18ClF2N3O4. The summed E-state index contributed by atoms with van der Waals surface area (Å²) in [6.07, 6.45) is 1.38. The van der Waals surface area contributed by atoms with E-state index < -0.39 is 34.1 Å². The number of carbonyl (C=O) groups is 2. The molecule has 10 heteroatoms. The first-order valence-electron chi connectivity index (χ1n) is 10.1. The van der Waals surface area contributed by atoms with Crippen LogP contribution in [-0.2, 0) is 9.59 Å². The predicted molar refractivity (Wildman–Crippen MR) is 118 cm³/mol. The molecule has 0 fully saturated rings. The zero-order chi connectivity index (χ0) is 23.9. The molecular weight excluding hydrogens is 456 g/mol. The Labute approximate surface area is 192 Å². The molecule has 2 aromatic rings. The van der Waals surface area contributed by atoms with Gasteiger partial charge in [0.2, 0.25) is 0 Å². The summed E-state index contributed by atoms with van der Waals surface area (Å²) in [4.78, 5) is 37.0. The highest BCUT2D eigenvalue weighted by Crippen LogP contribution is 2.45. The molecule has 1 amide bonds. The third kappa shape index (κ3) is 4.11. The summed E-state index contributed by atoms with van der Waals surface area (Å²) in [6.45, 7) is 1.59. The highest BCUT2D eigenvalue weighted by atomic mass is 35.5. The number of Topliss-reactive ketones (excluding diaryl/α,β-unsaturated/α-hetero) is 1. The fourth-order valence-corrected chi connectivity index (χ4v) is 4.49. The smallest absolute Gasteiger partial charge is 0.269 e. The fourth-order valence-electron chi connectivity index (χ4n) is 4.26. The van der Waals surface area contributed by atoms with E-state index in [-0.39, 0.29) is 39.6 Å². The number of anilines is 1. The van der Waals surface area contributed by atoms with Crippen molar-refractivity contribution in [3.63, 3.8) is 0 Å². The van der Waals surface area contributed by atoms with E-state index in [4.69, 9.17) is 11.6 Å². The number of halogens is 3. The van der Waals surface area contributed by atoms with Crippen LogP contribution in [0.5, 0.6) is 0 Å². The molecule has 1 aliphatic heterocycles. The summed E-state index contributed by atoms with van der Waals surface area (Å²) in [5.74, 6) is -4.07. The Morgan fingerprint density at radius 3 is 2.58 bits per heavy atom. The molecule has 0 saturated carbocycles. The summed E-state index contributed by atoms with van der Waals surface area (Å²) >= 11 is 6.39. The average Bonchev–Trinajstić information content (AvgIpc) is 2.75. The molecule has 2 aliphatic rings. The Morgan fingerprint density at radius 1 is 1.21 bits per heavy atom. The van der Waals surface area contributed by atoms with Gasteiger partial charge in [-0.25, -0.2) is 8.78 Å². The number of nitro benzene ring substituents is 1. The lowest BCUT2D eigenvalue weighted by atomic mass is 9.75. The molecule has 33 heavy (non-hydrogen) atoms. The van der Waals surface area contributed by atoms with E-state index >= 15 is 0 Å². The fraction of sp³-hybridized carbons (Fsp3) is 0.217. The van der Waals surface area contributed by atoms with Gasteiger partial charge in [-0.2, -0.15) is 0 Å². The van der Waals surface area contributed by atoms with E-state index in [1.807, 2.05) is 0 Å². The van der Waals surface area contributed by atoms with Gasteiger partial charge in [0, 0.05) is 52.0 Å². The summed E-state index contributed by atoms with van der Waals surface area (Å²) in [6, 6.07) is 6.92. The number of amides is 1. The minimum atomic E-state index is -1.05. The summed E-state index contributed by atoms with van der Waals surface area (Å²) < 4.78 is 28.4. The van der Waals surface area contributed by atoms with Crippen LogP contribution in [0.1, 0.15) is 37.7 Å². The lowest BCUT2D eigenvalue weighted by molar-refractivity contribution is -0.384. The van der Waals surface area contributed by atoms with Gasteiger partial charge in [0.1, 0.15) is 17.3 Å². The largest absolute Gasteiger partial charge is 0.362 e. The first kappa shape index (κ1) is 22.6. The van der Waals surface area contributed by atoms with E-state index in [1.54, 1.807) is 6.92 Å². The van der Waals surface area contributed by atoms with Crippen LogP contribution in [0.2, 0.25) is 5.02 Å². The number of para-hydroxylation sites is 1. The quantitative estimate of drug-likeness (QED) is 0.473. The monoisotopic (exact) mass is 473 g/mol. The molecule has 2 aromatic carbocycles. The zero-order valence-corrected chi connectivity index (χ0v) is 18.1. The highest BCUT2D eigenvalue weighted by molar-refractivity contribution is 6.31. The Balaban J connectivity index is 1.88. The van der Waals surface area contributed by atoms with Crippen LogP contribution in [0.25, 0.3) is 0 Å². The van der Waals surface area contributed by atoms with Gasteiger partial charge < -0.3 is 10.6 Å². The number of dihydropyridines is 1. The van der Waals surface area contributed by atoms with E-state index in [1.165, 1.54) is 18.2 Å². The average molecular weight is 474 g/mol. The number of ketones is 1. The van der Waals surface area contributed by atoms with Gasteiger partial charge in [-0.05, 0) is 43.5 Å². The van der Waals surface area contributed by atoms with Crippen molar-refractivity contribution >= 4 is 34.7 Å². The van der Waals surface area contributed by atoms with Crippen molar-refractivity contribution in [3.8, 4) is 0 Å². The molecule has 1 atom stereocenters. The topological polar surface area (TPSA) is 101 Å². The molecule has 0 bridgehead atoms. The van der Waals surface area contributed by atoms with Crippen LogP contribution in [0.3, 0.4) is 0 Å². The van der Waals surface area contributed by atoms with Crippen molar-refractivity contribution < 1.29 is 23.3 Å². The van der Waals surface area contributed by atoms with Crippen molar-refractivity contribution in [1.82, 2.24) is 5.32 Å². The molecule has 4 rings (SSSR count). The second-order valence-corrected chi connectivity index (χ2v) is 8.19. The van der Waals surface area contributed by atoms with Crippen molar-refractivity contribution in [3.05, 3.63) is 91.3 Å². The Bertz CT molecular complexity index is 1250. The van der Waals surface area contributed by atoms with Crippen molar-refractivity contribution in [2.75, 3.05) is 5.32 Å². The minimum absolute atomic E-state index is 0.00551. The number of nitrogens with one attached hydrogen (secondary N) is 2. The maximum atomic E-state index is 14.2. The number of non-ortho nitro benzene ring substituents is 1. The molecule has 1 heterocycles. The molecule has 1 aliphatic carbocycles. The first-order chi connectivity index (χ1) is 15.7. The molecule has 0 radical (unpaired) electrons. The lowest BCUT2D eigenvalue weighted by Crippen LogP contribution is -2.35. The van der Waals surface area contributed by atoms with Crippen LogP contribution in [-0.4, -0.2) is 16.6 Å². The van der Waals surface area contributed by atoms with Crippen LogP contribution in [0.4, 0.5) is 20.2 Å². The van der Waals surface area contributed by atoms with Crippen LogP contribution < -0.4 is 10.6 Å². The van der Waals surface area contributed by atoms with Gasteiger partial charge in [0.25, 0.3) is 11.6 Å². The number of hydrogen-bond donors (Lipinski definition) is 2. The Kier molecular flexibility index (Phi) is 5.99. The van der Waals surface area contributed by atoms with Gasteiger partial charge in [0.15, 0.2) is 5.78 Å². The van der Waals surface area contributed by atoms with Crippen LogP contribution >= 0.6 is 11.6 Å². The number of hydrogen-bond acceptors (Lipinski definition) is 5. The molecule has 0 saturated heterocycles. The summed E-state index contributed by atoms with van der Waals surface area (Å²) in [5, 5.41) is 16.8. The van der Waals surface area contributed by atoms with Crippen molar-refractivity contribution in [2.24, 2.45) is 0 Å². The Morgan fingerprint density at radius 2 is 1.91 bits per heavy atom. The number of nitro groups is 1. The molecule has 0 aromatic heterocycles. The van der Waals surface area contributed by atoms with Crippen molar-refractivity contribution in [1.29, 1.82) is 0 Å². The molecule has 1 unspecified atom stereocenters. The van der Waals surface area contributed by atoms with Gasteiger partial charge in [-0.3, -0.25) is 19.7 Å². The van der Waals surface area contributed by atoms with Crippen LogP contribution in [0.15, 0.2) is 58.9 Å². The number of allylic oxidation sites excluding steroid dienone is 3. The lowest BCUT2D eigenvalue weighted by Gasteiger charge is -2.34. The molecule has 7 nitrogen and oxygen atoms in total. The predicted octanol–water partition coefficient (Wildman–Crippen LogP) is 5.13. The standard InChI is InChI=1S/C23H18ClF2N3O4/c1-11-19(23(31)28-22-15(25)4-2-5-16(22)26)20(21-17(27-11)6-3-7-18(21)30)13-10-12(29(32)33)8-9-14(13)24/h2,4-5,8-10,20,27H,3,6-7H2,1H3,(H,28,31). The van der Waals surface area contributed by atoms with Gasteiger partial charge in [-0.15, -0.1) is 0 Å². The minimum Gasteiger partial charge on any atom is -0.362 e. The second-order valence-electron chi connectivity index (χ2n) is 7.78. The van der Waals surface area contributed by atoms with Gasteiger partial charge in [-0.1, -0.05) is 17.7 Å². The SMILES string of the molecule is CC1=C(C(=O)Nc2c(F)cccc2F)C(c2cc([N+](=O)[O-])ccc2Cl)C2=C(CCCC2=O)N1. The maximum Gasteiger partial charge on any atom is 0.269 e. The van der Waals surface area contributed by atoms with Gasteiger partial charge in [0.05, 0.1) is 4.92 Å². The van der Waals surface area contributed by atoms with Gasteiger partial charge >= 0.3 is 0 Å². The zero-order valence-electron chi connectivity index (χ0n) is 17.4. The van der Waals surface area contributed by atoms with Crippen LogP contribution in [0, 0.1) is 21.7 Å². The van der Waals surface area contributed by atoms with E-state index in [2.05, 4.69) is 10.6 Å². The number of carbonyl (C=O) groups excluding carboxylic acids is 2. The molecule has 170 valence electrons. The summed E-state index contributed by atoms with van der Waals surface area (Å²) in [5.41, 5.74) is 0.503. The highest BCUT2D eigenvalue weighted by Gasteiger charge is 2.40. The van der Waals surface area contributed by atoms with E-state index in [0.29, 0.717) is 24.2 Å². The third-order valence-corrected chi connectivity index (χ3v) is 6.07. The molecule has 0 spiro atoms. The normalized spacial score (nSPS) is 18.1. The van der Waals surface area contributed by atoms with E-state index in [9.17, 15) is 28.5 Å². The number of rotatable bonds is 4. The summed E-state index contributed by atoms with van der Waals surface area (Å²) in [7, 11) is 0. The van der Waals surface area contributed by atoms with E-state index in [0.717, 1.165) is 18.2 Å². The first-order valence-corrected chi connectivity index (χ1v) is 10.5. The number of nitrogens with zero attached hydrogens (tertiary/aromatic N) is 1. The third-order valence-electron chi connectivity index (χ3n) is 5.72. The second kappa shape index (κ2) is 8.74. The number of benzene rings is 2. The van der Waals surface area contributed by atoms with Crippen molar-refractivity contribution in [2.45, 2.75) is 32.1 Å². The Hall–Kier alpha value is -3.59. The maximum absolute atomic E-state index is 14.2. The molecule has 2 N–H and O–H groups in total.